The molecule has 0 bridgehead atoms. The van der Waals surface area contributed by atoms with Crippen molar-refractivity contribution in [3.63, 3.8) is 0 Å². The Morgan fingerprint density at radius 3 is 2.59 bits per heavy atom. The first-order chi connectivity index (χ1) is 13.1. The predicted molar refractivity (Wildman–Crippen MR) is 106 cm³/mol. The second-order valence-electron chi connectivity index (χ2n) is 7.88. The van der Waals surface area contributed by atoms with E-state index in [2.05, 4.69) is 26.7 Å². The molecule has 1 aromatic carbocycles. The highest BCUT2D eigenvalue weighted by molar-refractivity contribution is 5.48. The number of likely N-dealkylation sites (tertiary alicyclic amines) is 1. The van der Waals surface area contributed by atoms with E-state index in [-0.39, 0.29) is 5.82 Å². The summed E-state index contributed by atoms with van der Waals surface area (Å²) in [4.78, 5) is 7.37. The highest BCUT2D eigenvalue weighted by atomic mass is 19.1. The lowest BCUT2D eigenvalue weighted by atomic mass is 10.0. The zero-order chi connectivity index (χ0) is 18.8. The standard InChI is InChI=1S/C21H30FN5/c1-17-18(14-23-24(17)2)15-25-9-5-6-19(16-25)26-10-12-27(13-11-26)21-8-4-3-7-20(21)22/h3-4,7-8,14,19H,5-6,9-13,15-16H2,1-2H3. The lowest BCUT2D eigenvalue weighted by molar-refractivity contribution is 0.0885. The van der Waals surface area contributed by atoms with Gasteiger partial charge < -0.3 is 4.90 Å². The Labute approximate surface area is 161 Å². The second-order valence-corrected chi connectivity index (χ2v) is 7.88. The van der Waals surface area contributed by atoms with Gasteiger partial charge in [0.05, 0.1) is 11.9 Å². The van der Waals surface area contributed by atoms with Crippen LogP contribution in [-0.2, 0) is 13.6 Å². The van der Waals surface area contributed by atoms with E-state index < -0.39 is 0 Å². The molecule has 3 heterocycles. The molecule has 1 unspecified atom stereocenters. The quantitative estimate of drug-likeness (QED) is 0.826. The van der Waals surface area contributed by atoms with Crippen molar-refractivity contribution in [1.82, 2.24) is 19.6 Å². The summed E-state index contributed by atoms with van der Waals surface area (Å²) in [7, 11) is 2.01. The molecule has 2 saturated heterocycles. The van der Waals surface area contributed by atoms with Gasteiger partial charge in [-0.2, -0.15) is 5.10 Å². The van der Waals surface area contributed by atoms with Crippen LogP contribution in [0.25, 0.3) is 0 Å². The van der Waals surface area contributed by atoms with Gasteiger partial charge in [0.15, 0.2) is 0 Å². The highest BCUT2D eigenvalue weighted by Gasteiger charge is 2.29. The molecule has 4 rings (SSSR count). The molecular weight excluding hydrogens is 341 g/mol. The molecule has 2 fully saturated rings. The summed E-state index contributed by atoms with van der Waals surface area (Å²) in [6, 6.07) is 7.74. The van der Waals surface area contributed by atoms with Crippen molar-refractivity contribution in [1.29, 1.82) is 0 Å². The van der Waals surface area contributed by atoms with Gasteiger partial charge in [0.2, 0.25) is 0 Å². The number of halogens is 1. The molecular formula is C21H30FN5. The minimum absolute atomic E-state index is 0.110. The van der Waals surface area contributed by atoms with Gasteiger partial charge in [-0.3, -0.25) is 14.5 Å². The molecule has 0 N–H and O–H groups in total. The molecule has 2 aromatic rings. The van der Waals surface area contributed by atoms with Crippen molar-refractivity contribution in [3.05, 3.63) is 47.5 Å². The third kappa shape index (κ3) is 4.01. The summed E-state index contributed by atoms with van der Waals surface area (Å²) in [6.45, 7) is 9.25. The van der Waals surface area contributed by atoms with Gasteiger partial charge in [-0.25, -0.2) is 4.39 Å². The van der Waals surface area contributed by atoms with E-state index in [9.17, 15) is 4.39 Å². The van der Waals surface area contributed by atoms with Crippen LogP contribution in [-0.4, -0.2) is 64.9 Å². The molecule has 0 radical (unpaired) electrons. The van der Waals surface area contributed by atoms with Gasteiger partial charge >= 0.3 is 0 Å². The molecule has 2 aliphatic rings. The van der Waals surface area contributed by atoms with Crippen LogP contribution in [0.2, 0.25) is 0 Å². The van der Waals surface area contributed by atoms with Gasteiger partial charge in [-0.1, -0.05) is 12.1 Å². The van der Waals surface area contributed by atoms with Crippen molar-refractivity contribution in [3.8, 4) is 0 Å². The van der Waals surface area contributed by atoms with E-state index in [1.54, 1.807) is 12.1 Å². The monoisotopic (exact) mass is 371 g/mol. The first kappa shape index (κ1) is 18.4. The maximum atomic E-state index is 14.0. The molecule has 6 heteroatoms. The summed E-state index contributed by atoms with van der Waals surface area (Å²) in [5.74, 6) is -0.110. The summed E-state index contributed by atoms with van der Waals surface area (Å²) >= 11 is 0. The topological polar surface area (TPSA) is 27.5 Å². The van der Waals surface area contributed by atoms with Crippen LogP contribution >= 0.6 is 0 Å². The molecule has 1 atom stereocenters. The van der Waals surface area contributed by atoms with E-state index >= 15 is 0 Å². The normalized spacial score (nSPS) is 22.3. The highest BCUT2D eigenvalue weighted by Crippen LogP contribution is 2.24. The minimum atomic E-state index is -0.110. The van der Waals surface area contributed by atoms with Crippen LogP contribution in [0.5, 0.6) is 0 Å². The average Bonchev–Trinajstić information content (AvgIpc) is 3.01. The Morgan fingerprint density at radius 1 is 1.11 bits per heavy atom. The Balaban J connectivity index is 1.33. The fourth-order valence-electron chi connectivity index (χ4n) is 4.45. The van der Waals surface area contributed by atoms with Gasteiger partial charge in [-0.15, -0.1) is 0 Å². The lowest BCUT2D eigenvalue weighted by Crippen LogP contribution is -2.55. The zero-order valence-electron chi connectivity index (χ0n) is 16.4. The van der Waals surface area contributed by atoms with E-state index in [4.69, 9.17) is 0 Å². The SMILES string of the molecule is Cc1c(CN2CCCC(N3CCN(c4ccccc4F)CC3)C2)cnn1C. The number of anilines is 1. The summed E-state index contributed by atoms with van der Waals surface area (Å²) in [6.07, 6.45) is 4.52. The Bertz CT molecular complexity index is 766. The van der Waals surface area contributed by atoms with Crippen LogP contribution in [0.15, 0.2) is 30.5 Å². The fraction of sp³-hybridized carbons (Fsp3) is 0.571. The molecule has 1 aromatic heterocycles. The van der Waals surface area contributed by atoms with E-state index in [0.717, 1.165) is 45.0 Å². The maximum Gasteiger partial charge on any atom is 0.146 e. The Kier molecular flexibility index (Phi) is 5.45. The number of aromatic nitrogens is 2. The molecule has 2 aliphatic heterocycles. The molecule has 0 amide bonds. The summed E-state index contributed by atoms with van der Waals surface area (Å²) in [5, 5.41) is 4.38. The first-order valence-corrected chi connectivity index (χ1v) is 10.0. The van der Waals surface area contributed by atoms with E-state index in [0.29, 0.717) is 6.04 Å². The van der Waals surface area contributed by atoms with Gasteiger partial charge in [-0.05, 0) is 38.4 Å². The number of para-hydroxylation sites is 1. The number of benzene rings is 1. The van der Waals surface area contributed by atoms with Crippen LogP contribution in [0, 0.1) is 12.7 Å². The van der Waals surface area contributed by atoms with Crippen molar-refractivity contribution in [2.75, 3.05) is 44.2 Å². The van der Waals surface area contributed by atoms with Crippen molar-refractivity contribution >= 4 is 5.69 Å². The largest absolute Gasteiger partial charge is 0.367 e. The van der Waals surface area contributed by atoms with Crippen molar-refractivity contribution in [2.24, 2.45) is 7.05 Å². The van der Waals surface area contributed by atoms with Crippen LogP contribution in [0.4, 0.5) is 10.1 Å². The first-order valence-electron chi connectivity index (χ1n) is 10.0. The third-order valence-corrected chi connectivity index (χ3v) is 6.24. The second kappa shape index (κ2) is 7.98. The molecule has 146 valence electrons. The van der Waals surface area contributed by atoms with Crippen LogP contribution in [0.1, 0.15) is 24.1 Å². The predicted octanol–water partition coefficient (Wildman–Crippen LogP) is 2.65. The number of aryl methyl sites for hydroxylation is 1. The van der Waals surface area contributed by atoms with Gasteiger partial charge in [0, 0.05) is 63.6 Å². The Hall–Kier alpha value is -1.92. The molecule has 27 heavy (non-hydrogen) atoms. The molecule has 0 spiro atoms. The van der Waals surface area contributed by atoms with E-state index in [1.807, 2.05) is 30.1 Å². The zero-order valence-corrected chi connectivity index (χ0v) is 16.4. The van der Waals surface area contributed by atoms with Crippen LogP contribution in [0.3, 0.4) is 0 Å². The Morgan fingerprint density at radius 2 is 1.89 bits per heavy atom. The summed E-state index contributed by atoms with van der Waals surface area (Å²) < 4.78 is 16.0. The number of piperidine rings is 1. The number of nitrogens with zero attached hydrogens (tertiary/aromatic N) is 5. The smallest absolute Gasteiger partial charge is 0.146 e. The summed E-state index contributed by atoms with van der Waals surface area (Å²) in [5.41, 5.74) is 3.34. The number of piperazine rings is 1. The minimum Gasteiger partial charge on any atom is -0.367 e. The lowest BCUT2D eigenvalue weighted by Gasteiger charge is -2.44. The number of rotatable bonds is 4. The van der Waals surface area contributed by atoms with Gasteiger partial charge in [0.25, 0.3) is 0 Å². The number of hydrogen-bond acceptors (Lipinski definition) is 4. The fourth-order valence-corrected chi connectivity index (χ4v) is 4.45. The maximum absolute atomic E-state index is 14.0. The molecule has 0 saturated carbocycles. The van der Waals surface area contributed by atoms with Crippen molar-refractivity contribution < 1.29 is 4.39 Å². The van der Waals surface area contributed by atoms with Gasteiger partial charge in [0.1, 0.15) is 5.82 Å². The molecule has 5 nitrogen and oxygen atoms in total. The third-order valence-electron chi connectivity index (χ3n) is 6.24. The van der Waals surface area contributed by atoms with E-state index in [1.165, 1.54) is 30.6 Å². The molecule has 0 aliphatic carbocycles. The van der Waals surface area contributed by atoms with Crippen molar-refractivity contribution in [2.45, 2.75) is 32.4 Å². The van der Waals surface area contributed by atoms with Crippen LogP contribution < -0.4 is 4.90 Å². The number of hydrogen-bond donors (Lipinski definition) is 0. The average molecular weight is 372 g/mol.